The molecule has 1 amide bonds. The molecule has 18 heavy (non-hydrogen) atoms. The van der Waals surface area contributed by atoms with Crippen LogP contribution in [0.25, 0.3) is 0 Å². The summed E-state index contributed by atoms with van der Waals surface area (Å²) in [6.07, 6.45) is 6.11. The average molecular weight is 270 g/mol. The maximum absolute atomic E-state index is 12.0. The van der Waals surface area contributed by atoms with Crippen molar-refractivity contribution in [3.63, 3.8) is 0 Å². The van der Waals surface area contributed by atoms with Gasteiger partial charge in [-0.1, -0.05) is 18.6 Å². The Balaban J connectivity index is 1.57. The molecule has 2 aliphatic carbocycles. The molecule has 2 fully saturated rings. The van der Waals surface area contributed by atoms with E-state index in [1.165, 1.54) is 12.8 Å². The highest BCUT2D eigenvalue weighted by Gasteiger charge is 2.46. The number of ether oxygens (including phenoxy) is 1. The molecule has 0 aromatic rings. The number of thiocarbonyl (C=S) groups is 1. The van der Waals surface area contributed by atoms with Crippen LogP contribution in [0.5, 0.6) is 0 Å². The third-order valence-corrected chi connectivity index (χ3v) is 4.31. The Bertz CT molecular complexity index is 325. The maximum Gasteiger partial charge on any atom is 0.233 e. The first-order valence-electron chi connectivity index (χ1n) is 6.81. The molecule has 0 aliphatic heterocycles. The monoisotopic (exact) mass is 270 g/mol. The first-order chi connectivity index (χ1) is 8.65. The van der Waals surface area contributed by atoms with Gasteiger partial charge in [0.1, 0.15) is 0 Å². The first kappa shape index (κ1) is 13.7. The van der Waals surface area contributed by atoms with Crippen LogP contribution in [0.15, 0.2) is 0 Å². The van der Waals surface area contributed by atoms with Gasteiger partial charge in [0.2, 0.25) is 5.91 Å². The lowest BCUT2D eigenvalue weighted by Crippen LogP contribution is -2.53. The summed E-state index contributed by atoms with van der Waals surface area (Å²) in [5.41, 5.74) is 5.12. The minimum absolute atomic E-state index is 0.00319. The molecule has 0 heterocycles. The largest absolute Gasteiger partial charge is 0.392 e. The number of hydrogen-bond donors (Lipinski definition) is 2. The minimum Gasteiger partial charge on any atom is -0.392 e. The van der Waals surface area contributed by atoms with E-state index in [1.54, 1.807) is 0 Å². The third kappa shape index (κ3) is 3.20. The van der Waals surface area contributed by atoms with Crippen LogP contribution in [0, 0.1) is 11.3 Å². The highest BCUT2D eigenvalue weighted by molar-refractivity contribution is 7.80. The molecular formula is C13H22N2O2S. The van der Waals surface area contributed by atoms with E-state index >= 15 is 0 Å². The summed E-state index contributed by atoms with van der Waals surface area (Å²) in [5, 5.41) is 2.92. The molecule has 0 spiro atoms. The number of amides is 1. The van der Waals surface area contributed by atoms with E-state index in [1.807, 2.05) is 0 Å². The highest BCUT2D eigenvalue weighted by atomic mass is 32.1. The van der Waals surface area contributed by atoms with Crippen molar-refractivity contribution in [2.75, 3.05) is 19.8 Å². The van der Waals surface area contributed by atoms with Crippen molar-refractivity contribution in [1.82, 2.24) is 5.32 Å². The molecule has 0 saturated heterocycles. The van der Waals surface area contributed by atoms with Gasteiger partial charge in [-0.2, -0.15) is 0 Å². The SMILES string of the molecule is NC(=S)C1(C(=O)NCCCOCC2CC2)CCC1. The lowest BCUT2D eigenvalue weighted by molar-refractivity contribution is -0.130. The zero-order valence-electron chi connectivity index (χ0n) is 10.7. The molecular weight excluding hydrogens is 248 g/mol. The Hall–Kier alpha value is -0.680. The van der Waals surface area contributed by atoms with Crippen LogP contribution in [-0.4, -0.2) is 30.7 Å². The zero-order valence-corrected chi connectivity index (χ0v) is 11.6. The molecule has 2 saturated carbocycles. The fourth-order valence-electron chi connectivity index (χ4n) is 2.20. The fraction of sp³-hybridized carbons (Fsp3) is 0.846. The zero-order chi connectivity index (χ0) is 13.0. The summed E-state index contributed by atoms with van der Waals surface area (Å²) in [5.74, 6) is 0.802. The second-order valence-electron chi connectivity index (χ2n) is 5.43. The van der Waals surface area contributed by atoms with Crippen LogP contribution < -0.4 is 11.1 Å². The minimum atomic E-state index is -0.551. The molecule has 0 aromatic carbocycles. The van der Waals surface area contributed by atoms with E-state index in [2.05, 4.69) is 5.32 Å². The predicted molar refractivity (Wildman–Crippen MR) is 74.2 cm³/mol. The predicted octanol–water partition coefficient (Wildman–Crippen LogP) is 1.38. The Morgan fingerprint density at radius 3 is 2.67 bits per heavy atom. The molecule has 0 aromatic heterocycles. The Morgan fingerprint density at radius 2 is 2.17 bits per heavy atom. The van der Waals surface area contributed by atoms with Gasteiger partial charge >= 0.3 is 0 Å². The van der Waals surface area contributed by atoms with Gasteiger partial charge in [-0.05, 0) is 38.0 Å². The van der Waals surface area contributed by atoms with E-state index in [9.17, 15) is 4.79 Å². The van der Waals surface area contributed by atoms with Gasteiger partial charge in [-0.15, -0.1) is 0 Å². The Morgan fingerprint density at radius 1 is 1.44 bits per heavy atom. The summed E-state index contributed by atoms with van der Waals surface area (Å²) in [4.78, 5) is 12.4. The number of carbonyl (C=O) groups excluding carboxylic acids is 1. The molecule has 0 unspecified atom stereocenters. The van der Waals surface area contributed by atoms with E-state index in [0.29, 0.717) is 11.5 Å². The molecule has 102 valence electrons. The van der Waals surface area contributed by atoms with E-state index in [0.717, 1.165) is 44.8 Å². The maximum atomic E-state index is 12.0. The number of nitrogens with two attached hydrogens (primary N) is 1. The molecule has 3 N–H and O–H groups in total. The standard InChI is InChI=1S/C13H22N2O2S/c14-11(18)13(5-1-6-13)12(16)15-7-2-8-17-9-10-3-4-10/h10H,1-9H2,(H2,14,18)(H,15,16). The van der Waals surface area contributed by atoms with Crippen LogP contribution in [-0.2, 0) is 9.53 Å². The summed E-state index contributed by atoms with van der Waals surface area (Å²) < 4.78 is 5.51. The van der Waals surface area contributed by atoms with E-state index in [4.69, 9.17) is 22.7 Å². The lowest BCUT2D eigenvalue weighted by Gasteiger charge is -2.39. The highest BCUT2D eigenvalue weighted by Crippen LogP contribution is 2.41. The smallest absolute Gasteiger partial charge is 0.233 e. The summed E-state index contributed by atoms with van der Waals surface area (Å²) >= 11 is 5.01. The normalized spacial score (nSPS) is 21.1. The average Bonchev–Trinajstić information content (AvgIpc) is 3.04. The Labute approximate surface area is 114 Å². The van der Waals surface area contributed by atoms with Crippen molar-refractivity contribution in [2.45, 2.75) is 38.5 Å². The van der Waals surface area contributed by atoms with Crippen LogP contribution in [0.2, 0.25) is 0 Å². The molecule has 5 heteroatoms. The summed E-state index contributed by atoms with van der Waals surface area (Å²) in [6, 6.07) is 0. The molecule has 0 bridgehead atoms. The number of nitrogens with one attached hydrogen (secondary N) is 1. The van der Waals surface area contributed by atoms with Gasteiger partial charge in [0, 0.05) is 19.8 Å². The topological polar surface area (TPSA) is 64.4 Å². The Kier molecular flexibility index (Phi) is 4.56. The van der Waals surface area contributed by atoms with Crippen LogP contribution in [0.3, 0.4) is 0 Å². The number of hydrogen-bond acceptors (Lipinski definition) is 3. The molecule has 4 nitrogen and oxygen atoms in total. The second kappa shape index (κ2) is 5.97. The van der Waals surface area contributed by atoms with Gasteiger partial charge < -0.3 is 15.8 Å². The fourth-order valence-corrected chi connectivity index (χ4v) is 2.49. The number of carbonyl (C=O) groups is 1. The second-order valence-corrected chi connectivity index (χ2v) is 5.87. The van der Waals surface area contributed by atoms with Gasteiger partial charge in [0.15, 0.2) is 0 Å². The molecule has 0 atom stereocenters. The van der Waals surface area contributed by atoms with Crippen LogP contribution in [0.1, 0.15) is 38.5 Å². The molecule has 0 radical (unpaired) electrons. The summed E-state index contributed by atoms with van der Waals surface area (Å²) in [6.45, 7) is 2.25. The van der Waals surface area contributed by atoms with Gasteiger partial charge in [-0.25, -0.2) is 0 Å². The van der Waals surface area contributed by atoms with Gasteiger partial charge in [-0.3, -0.25) is 4.79 Å². The first-order valence-corrected chi connectivity index (χ1v) is 7.22. The lowest BCUT2D eigenvalue weighted by atomic mass is 9.68. The molecule has 2 aliphatic rings. The van der Waals surface area contributed by atoms with E-state index < -0.39 is 5.41 Å². The number of rotatable bonds is 8. The van der Waals surface area contributed by atoms with Crippen molar-refractivity contribution in [1.29, 1.82) is 0 Å². The van der Waals surface area contributed by atoms with E-state index in [-0.39, 0.29) is 5.91 Å². The van der Waals surface area contributed by atoms with Crippen LogP contribution in [0.4, 0.5) is 0 Å². The van der Waals surface area contributed by atoms with Crippen molar-refractivity contribution in [2.24, 2.45) is 17.1 Å². The molecule has 2 rings (SSSR count). The van der Waals surface area contributed by atoms with Crippen LogP contribution >= 0.6 is 12.2 Å². The van der Waals surface area contributed by atoms with Crippen molar-refractivity contribution in [3.05, 3.63) is 0 Å². The van der Waals surface area contributed by atoms with Gasteiger partial charge in [0.05, 0.1) is 10.4 Å². The van der Waals surface area contributed by atoms with Gasteiger partial charge in [0.25, 0.3) is 0 Å². The summed E-state index contributed by atoms with van der Waals surface area (Å²) in [7, 11) is 0. The third-order valence-electron chi connectivity index (χ3n) is 3.91. The quantitative estimate of drug-likeness (QED) is 0.516. The van der Waals surface area contributed by atoms with Crippen molar-refractivity contribution in [3.8, 4) is 0 Å². The van der Waals surface area contributed by atoms with Crippen molar-refractivity contribution >= 4 is 23.1 Å². The van der Waals surface area contributed by atoms with Crippen molar-refractivity contribution < 1.29 is 9.53 Å².